The van der Waals surface area contributed by atoms with Crippen molar-refractivity contribution >= 4 is 17.1 Å². The molecule has 0 aromatic heterocycles. The van der Waals surface area contributed by atoms with Crippen LogP contribution in [0.1, 0.15) is 94.9 Å². The molecule has 6 aliphatic carbocycles. The van der Waals surface area contributed by atoms with Gasteiger partial charge < -0.3 is 4.90 Å². The molecule has 0 unspecified atom stereocenters. The molecule has 4 bridgehead atoms. The monoisotopic (exact) mass is 639 g/mol. The van der Waals surface area contributed by atoms with Gasteiger partial charge in [-0.2, -0.15) is 0 Å². The zero-order valence-electron chi connectivity index (χ0n) is 29.7. The first kappa shape index (κ1) is 29.8. The van der Waals surface area contributed by atoms with E-state index < -0.39 is 0 Å². The van der Waals surface area contributed by atoms with Crippen LogP contribution in [0, 0.1) is 23.7 Å². The minimum atomic E-state index is 0.119. The number of rotatable bonds is 4. The van der Waals surface area contributed by atoms with E-state index in [1.165, 1.54) is 95.4 Å². The molecule has 0 aliphatic heterocycles. The summed E-state index contributed by atoms with van der Waals surface area (Å²) in [6.07, 6.45) is 9.50. The maximum Gasteiger partial charge on any atom is 0.0543 e. The highest BCUT2D eigenvalue weighted by Crippen LogP contribution is 2.70. The van der Waals surface area contributed by atoms with Gasteiger partial charge in [0.05, 0.1) is 5.69 Å². The van der Waals surface area contributed by atoms with Gasteiger partial charge in [-0.05, 0) is 155 Å². The van der Waals surface area contributed by atoms with Gasteiger partial charge in [-0.15, -0.1) is 0 Å². The van der Waals surface area contributed by atoms with E-state index in [-0.39, 0.29) is 16.2 Å². The van der Waals surface area contributed by atoms with E-state index in [2.05, 4.69) is 148 Å². The minimum absolute atomic E-state index is 0.119. The molecular weight excluding hydrogens is 591 g/mol. The molecule has 246 valence electrons. The van der Waals surface area contributed by atoms with Gasteiger partial charge in [0.1, 0.15) is 0 Å². The van der Waals surface area contributed by atoms with E-state index in [4.69, 9.17) is 0 Å². The van der Waals surface area contributed by atoms with Crippen molar-refractivity contribution in [2.45, 2.75) is 88.9 Å². The minimum Gasteiger partial charge on any atom is -0.310 e. The standard InChI is InChI=1S/C48H49N/c1-46(2)21-22-47(3,4)44-28-37(19-20-42(44)46)49(36-15-9-6-10-16-36)45-30-43-40(29-39(45)33-13-7-5-8-14-33)38-17-11-12-18-41(38)48(43)34-24-31-23-32(26-34)27-35(48)25-31/h5-20,28-32,34-35H,21-27H2,1-4H3. The van der Waals surface area contributed by atoms with Crippen LogP contribution in [0.3, 0.4) is 0 Å². The van der Waals surface area contributed by atoms with Crippen molar-refractivity contribution in [2.24, 2.45) is 23.7 Å². The molecule has 0 N–H and O–H groups in total. The first-order chi connectivity index (χ1) is 23.7. The van der Waals surface area contributed by atoms with Gasteiger partial charge in [0.2, 0.25) is 0 Å². The first-order valence-electron chi connectivity index (χ1n) is 19.1. The van der Waals surface area contributed by atoms with Crippen LogP contribution >= 0.6 is 0 Å². The number of hydrogen-bond acceptors (Lipinski definition) is 1. The Hall–Kier alpha value is -4.10. The Labute approximate surface area is 293 Å². The van der Waals surface area contributed by atoms with Crippen molar-refractivity contribution in [3.05, 3.63) is 138 Å². The van der Waals surface area contributed by atoms with Crippen molar-refractivity contribution in [1.29, 1.82) is 0 Å². The van der Waals surface area contributed by atoms with Crippen molar-refractivity contribution in [3.63, 3.8) is 0 Å². The summed E-state index contributed by atoms with van der Waals surface area (Å²) >= 11 is 0. The lowest BCUT2D eigenvalue weighted by molar-refractivity contribution is -0.0399. The fourth-order valence-corrected chi connectivity index (χ4v) is 11.9. The average Bonchev–Trinajstić information content (AvgIpc) is 3.39. The molecule has 0 saturated heterocycles. The topological polar surface area (TPSA) is 3.24 Å². The third-order valence-corrected chi connectivity index (χ3v) is 14.1. The largest absolute Gasteiger partial charge is 0.310 e. The second-order valence-electron chi connectivity index (χ2n) is 17.7. The van der Waals surface area contributed by atoms with Crippen molar-refractivity contribution in [3.8, 4) is 22.3 Å². The van der Waals surface area contributed by atoms with E-state index in [1.54, 1.807) is 11.1 Å². The van der Waals surface area contributed by atoms with Crippen LogP contribution in [0.5, 0.6) is 0 Å². The summed E-state index contributed by atoms with van der Waals surface area (Å²) in [7, 11) is 0. The first-order valence-corrected chi connectivity index (χ1v) is 19.1. The van der Waals surface area contributed by atoms with Gasteiger partial charge in [0.15, 0.2) is 0 Å². The van der Waals surface area contributed by atoms with Gasteiger partial charge in [-0.1, -0.05) is 107 Å². The van der Waals surface area contributed by atoms with Crippen LogP contribution in [-0.2, 0) is 16.2 Å². The van der Waals surface area contributed by atoms with Crippen molar-refractivity contribution in [1.82, 2.24) is 0 Å². The van der Waals surface area contributed by atoms with Crippen molar-refractivity contribution in [2.75, 3.05) is 4.90 Å². The lowest BCUT2D eigenvalue weighted by Crippen LogP contribution is -2.55. The van der Waals surface area contributed by atoms with E-state index in [1.807, 2.05) is 0 Å². The fraction of sp³-hybridized carbons (Fsp3) is 0.375. The Morgan fingerprint density at radius 1 is 0.469 bits per heavy atom. The van der Waals surface area contributed by atoms with Crippen LogP contribution in [0.2, 0.25) is 0 Å². The summed E-state index contributed by atoms with van der Waals surface area (Å²) in [5.74, 6) is 3.32. The maximum atomic E-state index is 2.70. The molecule has 0 radical (unpaired) electrons. The summed E-state index contributed by atoms with van der Waals surface area (Å²) in [5, 5.41) is 0. The van der Waals surface area contributed by atoms with Crippen LogP contribution < -0.4 is 4.90 Å². The molecule has 0 atom stereocenters. The van der Waals surface area contributed by atoms with Gasteiger partial charge in [0.25, 0.3) is 0 Å². The molecule has 11 rings (SSSR count). The van der Waals surface area contributed by atoms with E-state index in [9.17, 15) is 0 Å². The maximum absolute atomic E-state index is 2.70. The Kier molecular flexibility index (Phi) is 6.36. The molecule has 49 heavy (non-hydrogen) atoms. The SMILES string of the molecule is CC1(C)CCC(C)(C)c2cc(N(c3ccccc3)c3cc4c(cc3-c3ccccc3)-c3ccccc3C43C4CC5CC(C4)CC3C5)ccc21. The molecule has 1 spiro atoms. The van der Waals surface area contributed by atoms with Crippen LogP contribution in [-0.4, -0.2) is 0 Å². The number of hydrogen-bond donors (Lipinski definition) is 0. The molecule has 4 saturated carbocycles. The third kappa shape index (κ3) is 4.24. The summed E-state index contributed by atoms with van der Waals surface area (Å²) in [6.45, 7) is 9.78. The van der Waals surface area contributed by atoms with E-state index >= 15 is 0 Å². The van der Waals surface area contributed by atoms with Gasteiger partial charge in [0, 0.05) is 22.4 Å². The average molecular weight is 640 g/mol. The lowest BCUT2D eigenvalue weighted by Gasteiger charge is -2.61. The molecule has 0 amide bonds. The molecular formula is C48H49N. The Balaban J connectivity index is 1.27. The number of anilines is 3. The van der Waals surface area contributed by atoms with Crippen LogP contribution in [0.25, 0.3) is 22.3 Å². The predicted octanol–water partition coefficient (Wildman–Crippen LogP) is 12.9. The number of nitrogens with zero attached hydrogens (tertiary/aromatic N) is 1. The second kappa shape index (κ2) is 10.5. The zero-order chi connectivity index (χ0) is 33.1. The number of para-hydroxylation sites is 1. The molecule has 5 aromatic rings. The normalized spacial score (nSPS) is 27.8. The fourth-order valence-electron chi connectivity index (χ4n) is 11.9. The molecule has 6 aliphatic rings. The second-order valence-corrected chi connectivity index (χ2v) is 17.7. The Morgan fingerprint density at radius 2 is 1.08 bits per heavy atom. The Bertz CT molecular complexity index is 2060. The van der Waals surface area contributed by atoms with E-state index in [0.29, 0.717) is 0 Å². The van der Waals surface area contributed by atoms with Gasteiger partial charge in [-0.25, -0.2) is 0 Å². The zero-order valence-corrected chi connectivity index (χ0v) is 29.7. The third-order valence-electron chi connectivity index (χ3n) is 14.1. The Morgan fingerprint density at radius 3 is 1.78 bits per heavy atom. The molecule has 5 aromatic carbocycles. The molecule has 1 heteroatoms. The summed E-state index contributed by atoms with van der Waals surface area (Å²) in [6, 6.07) is 44.7. The molecule has 4 fully saturated rings. The number of fused-ring (bicyclic) bond motifs is 4. The summed E-state index contributed by atoms with van der Waals surface area (Å²) < 4.78 is 0. The highest BCUT2D eigenvalue weighted by Gasteiger charge is 2.61. The van der Waals surface area contributed by atoms with E-state index in [0.717, 1.165) is 23.7 Å². The summed E-state index contributed by atoms with van der Waals surface area (Å²) in [5.41, 5.74) is 16.1. The predicted molar refractivity (Wildman–Crippen MR) is 205 cm³/mol. The van der Waals surface area contributed by atoms with Crippen LogP contribution in [0.15, 0.2) is 115 Å². The number of benzene rings is 5. The summed E-state index contributed by atoms with van der Waals surface area (Å²) in [4.78, 5) is 2.60. The van der Waals surface area contributed by atoms with Gasteiger partial charge >= 0.3 is 0 Å². The van der Waals surface area contributed by atoms with Crippen LogP contribution in [0.4, 0.5) is 17.1 Å². The van der Waals surface area contributed by atoms with Crippen molar-refractivity contribution < 1.29 is 0 Å². The lowest BCUT2D eigenvalue weighted by atomic mass is 9.43. The highest BCUT2D eigenvalue weighted by atomic mass is 15.1. The quantitative estimate of drug-likeness (QED) is 0.189. The van der Waals surface area contributed by atoms with Gasteiger partial charge in [-0.3, -0.25) is 0 Å². The smallest absolute Gasteiger partial charge is 0.0543 e. The molecule has 1 nitrogen and oxygen atoms in total. The molecule has 0 heterocycles. The highest BCUT2D eigenvalue weighted by molar-refractivity contribution is 5.95.